The molecular formula is C14H21NO4S. The molecule has 1 aliphatic rings. The summed E-state index contributed by atoms with van der Waals surface area (Å²) in [7, 11) is -3.54. The third-order valence-electron chi connectivity index (χ3n) is 3.48. The molecule has 1 atom stereocenters. The molecule has 1 aromatic rings. The molecule has 2 rings (SSSR count). The summed E-state index contributed by atoms with van der Waals surface area (Å²) in [6.07, 6.45) is 1.30. The van der Waals surface area contributed by atoms with E-state index in [1.54, 1.807) is 18.2 Å². The fraction of sp³-hybridized carbons (Fsp3) is 0.571. The van der Waals surface area contributed by atoms with Crippen molar-refractivity contribution in [1.29, 1.82) is 0 Å². The van der Waals surface area contributed by atoms with Crippen molar-refractivity contribution in [2.24, 2.45) is 0 Å². The van der Waals surface area contributed by atoms with Crippen LogP contribution in [0.1, 0.15) is 37.9 Å². The molecule has 6 heteroatoms. The lowest BCUT2D eigenvalue weighted by atomic mass is 10.1. The largest absolute Gasteiger partial charge is 0.388 e. The minimum absolute atomic E-state index is 0.0755. The van der Waals surface area contributed by atoms with Crippen LogP contribution in [0.15, 0.2) is 29.2 Å². The quantitative estimate of drug-likeness (QED) is 0.865. The molecule has 0 spiro atoms. The van der Waals surface area contributed by atoms with Crippen LogP contribution in [0.25, 0.3) is 0 Å². The summed E-state index contributed by atoms with van der Waals surface area (Å²) < 4.78 is 32.6. The first kappa shape index (κ1) is 15.4. The third-order valence-corrected chi connectivity index (χ3v) is 5.00. The number of nitrogens with one attached hydrogen (secondary N) is 1. The molecule has 0 aromatic heterocycles. The molecule has 2 N–H and O–H groups in total. The molecule has 0 amide bonds. The van der Waals surface area contributed by atoms with Gasteiger partial charge in [0.25, 0.3) is 0 Å². The molecule has 0 bridgehead atoms. The first-order valence-corrected chi connectivity index (χ1v) is 8.39. The fourth-order valence-electron chi connectivity index (χ4n) is 2.23. The van der Waals surface area contributed by atoms with Crippen molar-refractivity contribution in [3.63, 3.8) is 0 Å². The summed E-state index contributed by atoms with van der Waals surface area (Å²) in [5.74, 6) is 0. The Morgan fingerprint density at radius 2 is 2.10 bits per heavy atom. The zero-order valence-electron chi connectivity index (χ0n) is 11.6. The first-order chi connectivity index (χ1) is 9.53. The number of hydrogen-bond donors (Lipinski definition) is 2. The molecule has 5 nitrogen and oxygen atoms in total. The molecule has 1 fully saturated rings. The van der Waals surface area contributed by atoms with Gasteiger partial charge in [-0.1, -0.05) is 19.1 Å². The predicted octanol–water partition coefficient (Wildman–Crippen LogP) is 1.59. The number of aliphatic hydroxyl groups excluding tert-OH is 1. The van der Waals surface area contributed by atoms with Gasteiger partial charge in [-0.25, -0.2) is 13.1 Å². The molecule has 1 saturated heterocycles. The Labute approximate surface area is 120 Å². The van der Waals surface area contributed by atoms with E-state index < -0.39 is 16.1 Å². The maximum absolute atomic E-state index is 12.3. The van der Waals surface area contributed by atoms with Gasteiger partial charge in [0.05, 0.1) is 11.0 Å². The van der Waals surface area contributed by atoms with E-state index in [0.717, 1.165) is 0 Å². The highest BCUT2D eigenvalue weighted by Crippen LogP contribution is 2.20. The molecule has 0 saturated carbocycles. The van der Waals surface area contributed by atoms with Gasteiger partial charge in [0.1, 0.15) is 0 Å². The van der Waals surface area contributed by atoms with Crippen LogP contribution in [0.2, 0.25) is 0 Å². The number of sulfonamides is 1. The topological polar surface area (TPSA) is 75.6 Å². The second kappa shape index (κ2) is 6.67. The summed E-state index contributed by atoms with van der Waals surface area (Å²) in [6, 6.07) is 6.41. The SMILES string of the molecule is CCC(O)c1cccc(S(=O)(=O)NC2CCOCC2)c1. The Kier molecular flexibility index (Phi) is 5.15. The second-order valence-electron chi connectivity index (χ2n) is 5.00. The highest BCUT2D eigenvalue weighted by atomic mass is 32.2. The lowest BCUT2D eigenvalue weighted by molar-refractivity contribution is 0.0832. The summed E-state index contributed by atoms with van der Waals surface area (Å²) in [5.41, 5.74) is 0.627. The van der Waals surface area contributed by atoms with E-state index in [0.29, 0.717) is 38.0 Å². The lowest BCUT2D eigenvalue weighted by Crippen LogP contribution is -2.38. The van der Waals surface area contributed by atoms with Crippen LogP contribution in [0, 0.1) is 0 Å². The van der Waals surface area contributed by atoms with Gasteiger partial charge < -0.3 is 9.84 Å². The van der Waals surface area contributed by atoms with Gasteiger partial charge >= 0.3 is 0 Å². The summed E-state index contributed by atoms with van der Waals surface area (Å²) in [6.45, 7) is 3.02. The maximum atomic E-state index is 12.3. The fourth-order valence-corrected chi connectivity index (χ4v) is 3.59. The van der Waals surface area contributed by atoms with Crippen LogP contribution < -0.4 is 4.72 Å². The molecular weight excluding hydrogens is 278 g/mol. The maximum Gasteiger partial charge on any atom is 0.240 e. The van der Waals surface area contributed by atoms with Crippen molar-refractivity contribution in [2.45, 2.75) is 43.2 Å². The molecule has 1 heterocycles. The number of rotatable bonds is 5. The average molecular weight is 299 g/mol. The van der Waals surface area contributed by atoms with Gasteiger partial charge in [-0.05, 0) is 37.0 Å². The Morgan fingerprint density at radius 3 is 2.75 bits per heavy atom. The summed E-state index contributed by atoms with van der Waals surface area (Å²) in [4.78, 5) is 0.203. The normalized spacial score (nSPS) is 18.9. The minimum Gasteiger partial charge on any atom is -0.388 e. The van der Waals surface area contributed by atoms with E-state index in [9.17, 15) is 13.5 Å². The summed E-state index contributed by atoms with van der Waals surface area (Å²) in [5, 5.41) is 9.81. The van der Waals surface area contributed by atoms with E-state index in [4.69, 9.17) is 4.74 Å². The first-order valence-electron chi connectivity index (χ1n) is 6.91. The van der Waals surface area contributed by atoms with Gasteiger partial charge in [0.15, 0.2) is 0 Å². The second-order valence-corrected chi connectivity index (χ2v) is 6.72. The Bertz CT molecular complexity index is 538. The molecule has 20 heavy (non-hydrogen) atoms. The van der Waals surface area contributed by atoms with Gasteiger partial charge in [-0.3, -0.25) is 0 Å². The van der Waals surface area contributed by atoms with Crippen LogP contribution in [0.4, 0.5) is 0 Å². The number of aliphatic hydroxyl groups is 1. The average Bonchev–Trinajstić information content (AvgIpc) is 2.47. The van der Waals surface area contributed by atoms with Crippen molar-refractivity contribution >= 4 is 10.0 Å². The molecule has 1 aliphatic heterocycles. The van der Waals surface area contributed by atoms with E-state index in [1.165, 1.54) is 6.07 Å². The molecule has 0 aliphatic carbocycles. The monoisotopic (exact) mass is 299 g/mol. The van der Waals surface area contributed by atoms with Crippen LogP contribution in [0.3, 0.4) is 0 Å². The van der Waals surface area contributed by atoms with E-state index in [2.05, 4.69) is 4.72 Å². The Hall–Kier alpha value is -0.950. The van der Waals surface area contributed by atoms with Crippen molar-refractivity contribution in [3.05, 3.63) is 29.8 Å². The third kappa shape index (κ3) is 3.79. The van der Waals surface area contributed by atoms with Gasteiger partial charge in [-0.15, -0.1) is 0 Å². The molecule has 0 radical (unpaired) electrons. The number of ether oxygens (including phenoxy) is 1. The summed E-state index contributed by atoms with van der Waals surface area (Å²) >= 11 is 0. The number of hydrogen-bond acceptors (Lipinski definition) is 4. The van der Waals surface area contributed by atoms with Crippen LogP contribution >= 0.6 is 0 Å². The highest BCUT2D eigenvalue weighted by Gasteiger charge is 2.22. The van der Waals surface area contributed by atoms with Crippen LogP contribution in [-0.2, 0) is 14.8 Å². The van der Waals surface area contributed by atoms with Crippen molar-refractivity contribution < 1.29 is 18.3 Å². The zero-order chi connectivity index (χ0) is 14.6. The molecule has 112 valence electrons. The molecule has 1 aromatic carbocycles. The Morgan fingerprint density at radius 1 is 1.40 bits per heavy atom. The van der Waals surface area contributed by atoms with Crippen LogP contribution in [0.5, 0.6) is 0 Å². The molecule has 1 unspecified atom stereocenters. The smallest absolute Gasteiger partial charge is 0.240 e. The minimum atomic E-state index is -3.54. The van der Waals surface area contributed by atoms with Crippen LogP contribution in [-0.4, -0.2) is 32.8 Å². The highest BCUT2D eigenvalue weighted by molar-refractivity contribution is 7.89. The van der Waals surface area contributed by atoms with Gasteiger partial charge in [0.2, 0.25) is 10.0 Å². The van der Waals surface area contributed by atoms with Gasteiger partial charge in [-0.2, -0.15) is 0 Å². The number of benzene rings is 1. The van der Waals surface area contributed by atoms with E-state index in [1.807, 2.05) is 6.92 Å². The Balaban J connectivity index is 2.16. The van der Waals surface area contributed by atoms with Gasteiger partial charge in [0, 0.05) is 19.3 Å². The zero-order valence-corrected chi connectivity index (χ0v) is 12.4. The lowest BCUT2D eigenvalue weighted by Gasteiger charge is -2.23. The standard InChI is InChI=1S/C14H21NO4S/c1-2-14(16)11-4-3-5-13(10-11)20(17,18)15-12-6-8-19-9-7-12/h3-5,10,12,14-16H,2,6-9H2,1H3. The predicted molar refractivity (Wildman–Crippen MR) is 75.9 cm³/mol. The van der Waals surface area contributed by atoms with Crippen molar-refractivity contribution in [2.75, 3.05) is 13.2 Å². The van der Waals surface area contributed by atoms with Crippen molar-refractivity contribution in [3.8, 4) is 0 Å². The van der Waals surface area contributed by atoms with E-state index in [-0.39, 0.29) is 10.9 Å². The van der Waals surface area contributed by atoms with Crippen molar-refractivity contribution in [1.82, 2.24) is 4.72 Å². The van der Waals surface area contributed by atoms with E-state index >= 15 is 0 Å².